The van der Waals surface area contributed by atoms with Gasteiger partial charge in [-0.15, -0.1) is 0 Å². The number of hydrogen-bond donors (Lipinski definition) is 0. The van der Waals surface area contributed by atoms with E-state index in [0.717, 1.165) is 12.8 Å². The minimum absolute atomic E-state index is 1.11. The second-order valence-electron chi connectivity index (χ2n) is 3.44. The molecule has 0 spiro atoms. The maximum atomic E-state index is 3.84. The molecule has 0 aromatic heterocycles. The highest BCUT2D eigenvalue weighted by Crippen LogP contribution is 2.10. The second-order valence-corrected chi connectivity index (χ2v) is 4.67. The molecule has 0 aromatic rings. The SMILES string of the molecule is [CH2]CCCCCSCCCCC[CH2]. The molecule has 0 bridgehead atoms. The summed E-state index contributed by atoms with van der Waals surface area (Å²) in [7, 11) is 0. The van der Waals surface area contributed by atoms with Gasteiger partial charge < -0.3 is 0 Å². The Morgan fingerprint density at radius 2 is 1.08 bits per heavy atom. The van der Waals surface area contributed by atoms with Gasteiger partial charge in [0.05, 0.1) is 0 Å². The zero-order valence-electron chi connectivity index (χ0n) is 8.89. The van der Waals surface area contributed by atoms with Crippen LogP contribution in [0.3, 0.4) is 0 Å². The van der Waals surface area contributed by atoms with E-state index in [1.807, 2.05) is 0 Å². The van der Waals surface area contributed by atoms with Crippen LogP contribution in [0.25, 0.3) is 0 Å². The van der Waals surface area contributed by atoms with Gasteiger partial charge in [0.25, 0.3) is 0 Å². The highest BCUT2D eigenvalue weighted by atomic mass is 32.2. The summed E-state index contributed by atoms with van der Waals surface area (Å²) in [5, 5.41) is 0. The Kier molecular flexibility index (Phi) is 12.7. The van der Waals surface area contributed by atoms with Crippen LogP contribution < -0.4 is 0 Å². The molecule has 0 fully saturated rings. The van der Waals surface area contributed by atoms with Crippen molar-refractivity contribution in [2.75, 3.05) is 11.5 Å². The van der Waals surface area contributed by atoms with E-state index in [9.17, 15) is 0 Å². The second kappa shape index (κ2) is 12.3. The molecule has 0 N–H and O–H groups in total. The van der Waals surface area contributed by atoms with E-state index in [1.54, 1.807) is 0 Å². The van der Waals surface area contributed by atoms with Crippen molar-refractivity contribution in [3.8, 4) is 0 Å². The monoisotopic (exact) mass is 200 g/mol. The smallest absolute Gasteiger partial charge is 0.00675 e. The average Bonchev–Trinajstić information content (AvgIpc) is 2.16. The van der Waals surface area contributed by atoms with Gasteiger partial charge in [-0.2, -0.15) is 11.8 Å². The van der Waals surface area contributed by atoms with Gasteiger partial charge in [0.1, 0.15) is 0 Å². The molecule has 0 aliphatic carbocycles. The van der Waals surface area contributed by atoms with E-state index in [2.05, 4.69) is 25.6 Å². The molecule has 0 nitrogen and oxygen atoms in total. The maximum Gasteiger partial charge on any atom is -0.00675 e. The van der Waals surface area contributed by atoms with E-state index in [1.165, 1.54) is 50.0 Å². The largest absolute Gasteiger partial charge is 0.162 e. The zero-order valence-corrected chi connectivity index (χ0v) is 9.71. The molecule has 78 valence electrons. The maximum absolute atomic E-state index is 3.84. The molecular formula is C12H24S. The van der Waals surface area contributed by atoms with E-state index < -0.39 is 0 Å². The van der Waals surface area contributed by atoms with Crippen molar-refractivity contribution in [1.29, 1.82) is 0 Å². The van der Waals surface area contributed by atoms with Crippen LogP contribution in [-0.4, -0.2) is 11.5 Å². The highest BCUT2D eigenvalue weighted by molar-refractivity contribution is 7.99. The van der Waals surface area contributed by atoms with Crippen molar-refractivity contribution in [1.82, 2.24) is 0 Å². The normalized spacial score (nSPS) is 10.6. The molecule has 0 aliphatic rings. The van der Waals surface area contributed by atoms with Gasteiger partial charge in [-0.3, -0.25) is 0 Å². The number of unbranched alkanes of at least 4 members (excludes halogenated alkanes) is 6. The van der Waals surface area contributed by atoms with Crippen LogP contribution >= 0.6 is 11.8 Å². The topological polar surface area (TPSA) is 0 Å². The fourth-order valence-electron chi connectivity index (χ4n) is 1.22. The first-order valence-electron chi connectivity index (χ1n) is 5.58. The number of thioether (sulfide) groups is 1. The summed E-state index contributed by atoms with van der Waals surface area (Å²) in [6.45, 7) is 7.68. The summed E-state index contributed by atoms with van der Waals surface area (Å²) in [6, 6.07) is 0. The number of rotatable bonds is 10. The Hall–Kier alpha value is 0.350. The summed E-state index contributed by atoms with van der Waals surface area (Å²) in [6.07, 6.45) is 10.3. The minimum atomic E-state index is 1.11. The van der Waals surface area contributed by atoms with Gasteiger partial charge in [-0.25, -0.2) is 0 Å². The summed E-state index contributed by atoms with van der Waals surface area (Å²) < 4.78 is 0. The third-order valence-electron chi connectivity index (χ3n) is 2.08. The van der Waals surface area contributed by atoms with Crippen LogP contribution in [0.5, 0.6) is 0 Å². The van der Waals surface area contributed by atoms with Gasteiger partial charge in [-0.1, -0.05) is 52.4 Å². The van der Waals surface area contributed by atoms with E-state index in [0.29, 0.717) is 0 Å². The van der Waals surface area contributed by atoms with Crippen molar-refractivity contribution in [3.63, 3.8) is 0 Å². The fraction of sp³-hybridized carbons (Fsp3) is 0.833. The van der Waals surface area contributed by atoms with E-state index in [4.69, 9.17) is 0 Å². The van der Waals surface area contributed by atoms with Gasteiger partial charge in [0.15, 0.2) is 0 Å². The summed E-state index contributed by atoms with van der Waals surface area (Å²) in [4.78, 5) is 0. The lowest BCUT2D eigenvalue weighted by molar-refractivity contribution is 0.725. The van der Waals surface area contributed by atoms with Gasteiger partial charge in [-0.05, 0) is 24.3 Å². The first-order chi connectivity index (χ1) is 6.41. The van der Waals surface area contributed by atoms with Gasteiger partial charge in [0, 0.05) is 0 Å². The lowest BCUT2D eigenvalue weighted by Gasteiger charge is -2.00. The van der Waals surface area contributed by atoms with Crippen LogP contribution in [-0.2, 0) is 0 Å². The molecule has 1 heteroatoms. The van der Waals surface area contributed by atoms with Gasteiger partial charge >= 0.3 is 0 Å². The average molecular weight is 200 g/mol. The third kappa shape index (κ3) is 12.4. The summed E-state index contributed by atoms with van der Waals surface area (Å²) >= 11 is 2.11. The van der Waals surface area contributed by atoms with Crippen LogP contribution in [0, 0.1) is 13.8 Å². The van der Waals surface area contributed by atoms with E-state index in [-0.39, 0.29) is 0 Å². The standard InChI is InChI=1S/C12H24S/c1-3-5-7-9-11-13-12-10-8-6-4-2/h1-12H2. The van der Waals surface area contributed by atoms with Crippen LogP contribution in [0.2, 0.25) is 0 Å². The molecule has 0 atom stereocenters. The van der Waals surface area contributed by atoms with Gasteiger partial charge in [0.2, 0.25) is 0 Å². The Bertz CT molecular complexity index is 71.2. The fourth-order valence-corrected chi connectivity index (χ4v) is 2.24. The van der Waals surface area contributed by atoms with Crippen molar-refractivity contribution in [2.45, 2.75) is 51.4 Å². The molecule has 13 heavy (non-hydrogen) atoms. The first-order valence-corrected chi connectivity index (χ1v) is 6.73. The molecule has 0 unspecified atom stereocenters. The molecule has 2 radical (unpaired) electrons. The van der Waals surface area contributed by atoms with E-state index >= 15 is 0 Å². The minimum Gasteiger partial charge on any atom is -0.162 e. The molecule has 0 aliphatic heterocycles. The van der Waals surface area contributed by atoms with Crippen LogP contribution in [0.1, 0.15) is 51.4 Å². The molecule has 0 heterocycles. The molecule has 0 saturated carbocycles. The van der Waals surface area contributed by atoms with Crippen molar-refractivity contribution >= 4 is 11.8 Å². The zero-order chi connectivity index (χ0) is 9.78. The van der Waals surface area contributed by atoms with Crippen molar-refractivity contribution < 1.29 is 0 Å². The van der Waals surface area contributed by atoms with Crippen molar-refractivity contribution in [3.05, 3.63) is 13.8 Å². The summed E-state index contributed by atoms with van der Waals surface area (Å²) in [5.41, 5.74) is 0. The third-order valence-corrected chi connectivity index (χ3v) is 3.23. The lowest BCUT2D eigenvalue weighted by Crippen LogP contribution is -1.85. The highest BCUT2D eigenvalue weighted by Gasteiger charge is 1.91. The quantitative estimate of drug-likeness (QED) is 0.468. The van der Waals surface area contributed by atoms with Crippen LogP contribution in [0.4, 0.5) is 0 Å². The molecule has 0 aromatic carbocycles. The molecule has 0 saturated heterocycles. The molecule has 0 rings (SSSR count). The predicted octanol–water partition coefficient (Wildman–Crippen LogP) is 4.51. The molecular weight excluding hydrogens is 176 g/mol. The Labute approximate surface area is 88.9 Å². The number of hydrogen-bond acceptors (Lipinski definition) is 1. The Morgan fingerprint density at radius 3 is 1.46 bits per heavy atom. The first kappa shape index (κ1) is 13.4. The Morgan fingerprint density at radius 1 is 0.615 bits per heavy atom. The molecule has 0 amide bonds. The van der Waals surface area contributed by atoms with Crippen LogP contribution in [0.15, 0.2) is 0 Å². The predicted molar refractivity (Wildman–Crippen MR) is 65.0 cm³/mol. The summed E-state index contributed by atoms with van der Waals surface area (Å²) in [5.74, 6) is 2.70. The van der Waals surface area contributed by atoms with Crippen molar-refractivity contribution in [2.24, 2.45) is 0 Å². The Balaban J connectivity index is 2.76. The lowest BCUT2D eigenvalue weighted by atomic mass is 10.2.